The summed E-state index contributed by atoms with van der Waals surface area (Å²) in [4.78, 5) is 0. The minimum atomic E-state index is 0. The fourth-order valence-electron chi connectivity index (χ4n) is 0. The van der Waals surface area contributed by atoms with Gasteiger partial charge in [-0.1, -0.05) is 0 Å². The van der Waals surface area contributed by atoms with Crippen LogP contribution in [0.5, 0.6) is 0 Å². The molecule has 4 heteroatoms. The summed E-state index contributed by atoms with van der Waals surface area (Å²) in [5.74, 6) is 0. The van der Waals surface area contributed by atoms with Crippen LogP contribution in [0.2, 0.25) is 0 Å². The molecule has 0 saturated heterocycles. The molecular formula is Cu2InSe. The van der Waals surface area contributed by atoms with Crippen molar-refractivity contribution in [3.05, 3.63) is 0 Å². The molecule has 0 aromatic carbocycles. The van der Waals surface area contributed by atoms with Crippen LogP contribution in [0, 0.1) is 0 Å². The Morgan fingerprint density at radius 2 is 0.750 bits per heavy atom. The quantitative estimate of drug-likeness (QED) is 0.515. The van der Waals surface area contributed by atoms with Gasteiger partial charge in [-0.3, -0.25) is 0 Å². The molecule has 0 nitrogen and oxygen atoms in total. The van der Waals surface area contributed by atoms with Gasteiger partial charge in [0.15, 0.2) is 0 Å². The fraction of sp³-hybridized carbons (Fsp3) is 0. The third-order valence-electron chi connectivity index (χ3n) is 0. The van der Waals surface area contributed by atoms with Crippen molar-refractivity contribution >= 4 is 42.9 Å². The van der Waals surface area contributed by atoms with E-state index in [1.807, 2.05) is 0 Å². The van der Waals surface area contributed by atoms with Crippen molar-refractivity contribution in [3.8, 4) is 0 Å². The van der Waals surface area contributed by atoms with Crippen LogP contribution in [0.4, 0.5) is 0 Å². The third kappa shape index (κ3) is 8.83. The van der Waals surface area contributed by atoms with Crippen LogP contribution in [0.15, 0.2) is 0 Å². The van der Waals surface area contributed by atoms with E-state index in [9.17, 15) is 0 Å². The molecule has 0 aliphatic heterocycles. The molecule has 0 fully saturated rings. The van der Waals surface area contributed by atoms with Crippen molar-refractivity contribution < 1.29 is 34.1 Å². The zero-order chi connectivity index (χ0) is 0. The van der Waals surface area contributed by atoms with Gasteiger partial charge >= 0.3 is 0 Å². The van der Waals surface area contributed by atoms with Crippen LogP contribution in [0.1, 0.15) is 0 Å². The van der Waals surface area contributed by atoms with E-state index >= 15 is 0 Å². The fourth-order valence-corrected chi connectivity index (χ4v) is 0. The Labute approximate surface area is 76.1 Å². The number of rotatable bonds is 0. The minimum absolute atomic E-state index is 0. The molecular weight excluding hydrogens is 321 g/mol. The molecule has 0 aliphatic carbocycles. The van der Waals surface area contributed by atoms with Crippen molar-refractivity contribution in [3.63, 3.8) is 0 Å². The third-order valence-corrected chi connectivity index (χ3v) is 0. The first-order chi connectivity index (χ1) is 0. The van der Waals surface area contributed by atoms with Gasteiger partial charge in [0, 0.05) is 77.0 Å². The van der Waals surface area contributed by atoms with Gasteiger partial charge in [0.05, 0.1) is 0 Å². The van der Waals surface area contributed by atoms with E-state index in [0.717, 1.165) is 0 Å². The van der Waals surface area contributed by atoms with Crippen LogP contribution in [0.3, 0.4) is 0 Å². The molecule has 0 heterocycles. The van der Waals surface area contributed by atoms with Gasteiger partial charge in [0.25, 0.3) is 0 Å². The second kappa shape index (κ2) is 18.1. The Hall–Kier alpha value is 2.43. The van der Waals surface area contributed by atoms with Crippen LogP contribution in [0.25, 0.3) is 0 Å². The van der Waals surface area contributed by atoms with Crippen molar-refractivity contribution in [1.82, 2.24) is 0 Å². The first-order valence-electron chi connectivity index (χ1n) is 0. The predicted octanol–water partition coefficient (Wildman–Crippen LogP) is -0.767. The molecule has 4 heavy (non-hydrogen) atoms. The van der Waals surface area contributed by atoms with E-state index in [0.29, 0.717) is 0 Å². The topological polar surface area (TPSA) is 0 Å². The standard InChI is InChI=1S/2Cu.In.Se. The number of hydrogen-bond acceptors (Lipinski definition) is 0. The van der Waals surface area contributed by atoms with E-state index in [1.54, 1.807) is 0 Å². The maximum atomic E-state index is 0. The van der Waals surface area contributed by atoms with Gasteiger partial charge in [0.1, 0.15) is 0 Å². The van der Waals surface area contributed by atoms with E-state index in [2.05, 4.69) is 0 Å². The summed E-state index contributed by atoms with van der Waals surface area (Å²) in [6, 6.07) is 0. The molecule has 0 amide bonds. The average Bonchev–Trinajstić information content (AvgIpc) is 0. The molecule has 0 atom stereocenters. The Morgan fingerprint density at radius 1 is 0.750 bits per heavy atom. The zero-order valence-corrected chi connectivity index (χ0v) is 8.48. The summed E-state index contributed by atoms with van der Waals surface area (Å²) in [6.07, 6.45) is 0. The monoisotopic (exact) mass is 321 g/mol. The summed E-state index contributed by atoms with van der Waals surface area (Å²) in [5, 5.41) is 0. The Kier molecular flexibility index (Phi) is 145. The van der Waals surface area contributed by atoms with Gasteiger partial charge in [-0.15, -0.1) is 0 Å². The van der Waals surface area contributed by atoms with Gasteiger partial charge in [0.2, 0.25) is 0 Å². The molecule has 0 spiro atoms. The second-order valence-corrected chi connectivity index (χ2v) is 0. The van der Waals surface area contributed by atoms with Crippen molar-refractivity contribution in [2.75, 3.05) is 0 Å². The minimum Gasteiger partial charge on any atom is 0 e. The first-order valence-corrected chi connectivity index (χ1v) is 0. The molecule has 7 radical (unpaired) electrons. The molecule has 0 aliphatic rings. The van der Waals surface area contributed by atoms with E-state index in [4.69, 9.17) is 0 Å². The maximum absolute atomic E-state index is 0. The Morgan fingerprint density at radius 3 is 0.750 bits per heavy atom. The molecule has 0 bridgehead atoms. The van der Waals surface area contributed by atoms with Crippen molar-refractivity contribution in [2.24, 2.45) is 0 Å². The second-order valence-electron chi connectivity index (χ2n) is 0. The van der Waals surface area contributed by atoms with Gasteiger partial charge in [-0.05, 0) is 0 Å². The summed E-state index contributed by atoms with van der Waals surface area (Å²) in [7, 11) is 0. The Bertz CT molecular complexity index is 6.00. The molecule has 0 aromatic rings. The summed E-state index contributed by atoms with van der Waals surface area (Å²) in [6.45, 7) is 0. The molecule has 0 aromatic heterocycles. The molecule has 0 N–H and O–H groups in total. The van der Waals surface area contributed by atoms with Crippen LogP contribution in [-0.4, -0.2) is 42.9 Å². The predicted molar refractivity (Wildman–Crippen MR) is 11.5 cm³/mol. The van der Waals surface area contributed by atoms with Gasteiger partial charge in [-0.2, -0.15) is 0 Å². The van der Waals surface area contributed by atoms with Crippen LogP contribution < -0.4 is 0 Å². The van der Waals surface area contributed by atoms with E-state index in [1.165, 1.54) is 0 Å². The first kappa shape index (κ1) is 32.1. The molecule has 0 rings (SSSR count). The van der Waals surface area contributed by atoms with Crippen molar-refractivity contribution in [1.29, 1.82) is 0 Å². The van der Waals surface area contributed by atoms with Gasteiger partial charge in [-0.25, -0.2) is 0 Å². The van der Waals surface area contributed by atoms with Gasteiger partial charge < -0.3 is 0 Å². The SMILES string of the molecule is [Cu].[Cu].[In].[Se]. The zero-order valence-electron chi connectivity index (χ0n) is 1.59. The molecule has 0 unspecified atom stereocenters. The average molecular weight is 321 g/mol. The maximum Gasteiger partial charge on any atom is 0 e. The summed E-state index contributed by atoms with van der Waals surface area (Å²) >= 11 is 0. The number of hydrogen-bond donors (Lipinski definition) is 0. The van der Waals surface area contributed by atoms with Crippen LogP contribution >= 0.6 is 0 Å². The normalized spacial score (nSPS) is 0. The van der Waals surface area contributed by atoms with Crippen molar-refractivity contribution in [2.45, 2.75) is 0 Å². The largest absolute Gasteiger partial charge is 0 e. The summed E-state index contributed by atoms with van der Waals surface area (Å²) < 4.78 is 0. The van der Waals surface area contributed by atoms with Crippen LogP contribution in [-0.2, 0) is 34.1 Å². The molecule has 31 valence electrons. The van der Waals surface area contributed by atoms with E-state index < -0.39 is 0 Å². The molecule has 0 saturated carbocycles. The van der Waals surface area contributed by atoms with E-state index in [-0.39, 0.29) is 77.0 Å². The smallest absolute Gasteiger partial charge is 0 e. The summed E-state index contributed by atoms with van der Waals surface area (Å²) in [5.41, 5.74) is 0. The Balaban J connectivity index is 0.